The highest BCUT2D eigenvalue weighted by molar-refractivity contribution is 5.84. The molecule has 0 aliphatic rings. The van der Waals surface area contributed by atoms with Gasteiger partial charge in [-0.2, -0.15) is 0 Å². The molecular weight excluding hydrogens is 707 g/mol. The largest absolute Gasteiger partial charge is 0.261 e. The Morgan fingerprint density at radius 1 is 0.339 bits per heavy atom. The summed E-state index contributed by atoms with van der Waals surface area (Å²) in [6.45, 7) is 22.7. The van der Waals surface area contributed by atoms with Gasteiger partial charge in [-0.15, -0.1) is 0 Å². The molecule has 7 aromatic rings. The molecule has 0 atom stereocenters. The summed E-state index contributed by atoms with van der Waals surface area (Å²) in [5.41, 5.74) is 10.5. The Morgan fingerprint density at radius 2 is 0.768 bits per heavy atom. The van der Waals surface area contributed by atoms with E-state index in [4.69, 9.17) is 0 Å². The van der Waals surface area contributed by atoms with E-state index in [9.17, 15) is 17.6 Å². The maximum absolute atomic E-state index is 13.4. The number of fused-ring (bicyclic) bond motifs is 1. The molecule has 2 heterocycles. The highest BCUT2D eigenvalue weighted by Gasteiger charge is 2.03. The number of benzene rings is 5. The smallest absolute Gasteiger partial charge is 0.131 e. The van der Waals surface area contributed by atoms with Gasteiger partial charge in [-0.1, -0.05) is 77.4 Å². The molecule has 0 unspecified atom stereocenters. The van der Waals surface area contributed by atoms with Crippen LogP contribution in [0.15, 0.2) is 116 Å². The van der Waals surface area contributed by atoms with E-state index < -0.39 is 11.6 Å². The maximum atomic E-state index is 13.4. The van der Waals surface area contributed by atoms with Crippen molar-refractivity contribution in [2.75, 3.05) is 0 Å². The minimum atomic E-state index is -0.475. The summed E-state index contributed by atoms with van der Waals surface area (Å²) in [4.78, 5) is 12.0. The van der Waals surface area contributed by atoms with Gasteiger partial charge in [0, 0.05) is 35.2 Å². The number of hydrogen-bond acceptors (Lipinski definition) is 3. The molecule has 0 amide bonds. The molecule has 0 aliphatic heterocycles. The van der Waals surface area contributed by atoms with Crippen molar-refractivity contribution in [1.29, 1.82) is 0 Å². The van der Waals surface area contributed by atoms with Crippen molar-refractivity contribution >= 4 is 10.8 Å². The minimum Gasteiger partial charge on any atom is -0.261 e. The van der Waals surface area contributed by atoms with Gasteiger partial charge >= 0.3 is 0 Å². The van der Waals surface area contributed by atoms with Gasteiger partial charge in [-0.05, 0) is 158 Å². The van der Waals surface area contributed by atoms with Crippen molar-refractivity contribution in [2.24, 2.45) is 0 Å². The van der Waals surface area contributed by atoms with Crippen molar-refractivity contribution in [1.82, 2.24) is 15.0 Å². The van der Waals surface area contributed by atoms with E-state index in [0.717, 1.165) is 39.2 Å². The third-order valence-electron chi connectivity index (χ3n) is 8.14. The van der Waals surface area contributed by atoms with Crippen molar-refractivity contribution in [3.8, 4) is 0 Å². The average molecular weight is 762 g/mol. The molecule has 2 aromatic heterocycles. The second-order valence-electron chi connectivity index (χ2n) is 14.0. The second-order valence-corrected chi connectivity index (χ2v) is 14.0. The van der Waals surface area contributed by atoms with Crippen molar-refractivity contribution in [3.63, 3.8) is 0 Å². The monoisotopic (exact) mass is 761 g/mol. The van der Waals surface area contributed by atoms with Crippen LogP contribution in [0.4, 0.5) is 17.6 Å². The van der Waals surface area contributed by atoms with Crippen LogP contribution in [0.1, 0.15) is 67.2 Å². The summed E-state index contributed by atoms with van der Waals surface area (Å²) >= 11 is 0. The van der Waals surface area contributed by atoms with E-state index >= 15 is 0 Å². The zero-order valence-corrected chi connectivity index (χ0v) is 34.8. The first kappa shape index (κ1) is 46.5. The van der Waals surface area contributed by atoms with Crippen LogP contribution >= 0.6 is 0 Å². The van der Waals surface area contributed by atoms with Crippen molar-refractivity contribution in [3.05, 3.63) is 206 Å². The van der Waals surface area contributed by atoms with Crippen LogP contribution in [0, 0.1) is 106 Å². The Kier molecular flexibility index (Phi) is 19.3. The van der Waals surface area contributed by atoms with Crippen LogP contribution in [0.25, 0.3) is 10.8 Å². The van der Waals surface area contributed by atoms with Crippen molar-refractivity contribution < 1.29 is 17.6 Å². The molecule has 7 heteroatoms. The van der Waals surface area contributed by atoms with Gasteiger partial charge in [-0.25, -0.2) is 27.5 Å². The molecule has 294 valence electrons. The lowest BCUT2D eigenvalue weighted by Crippen LogP contribution is -1.88. The van der Waals surface area contributed by atoms with E-state index in [2.05, 4.69) is 59.1 Å². The number of aromatic nitrogens is 3. The van der Waals surface area contributed by atoms with E-state index in [-0.39, 0.29) is 17.2 Å². The number of halogens is 4. The molecule has 0 spiro atoms. The van der Waals surface area contributed by atoms with Crippen LogP contribution in [0.5, 0.6) is 0 Å². The SMILES string of the molecule is Cc1cc(F)c(C)c(F)c1.Cc1cc(F)c2cc(C)ccc2c1.Cc1ccc(C)c(F)c1.Cc1ccc(C)cc1.Cc1ccc(C)nc1.Cc1cnc(C)nc1. The third kappa shape index (κ3) is 17.6. The number of rotatable bonds is 0. The Labute approximate surface area is 331 Å². The summed E-state index contributed by atoms with van der Waals surface area (Å²) < 4.78 is 51.2. The Morgan fingerprint density at radius 3 is 1.23 bits per heavy atom. The molecule has 56 heavy (non-hydrogen) atoms. The molecule has 0 N–H and O–H groups in total. The van der Waals surface area contributed by atoms with E-state index in [1.54, 1.807) is 26.0 Å². The summed E-state index contributed by atoms with van der Waals surface area (Å²) in [5, 5.41) is 1.69. The van der Waals surface area contributed by atoms with E-state index in [0.29, 0.717) is 16.5 Å². The van der Waals surface area contributed by atoms with Gasteiger partial charge in [0.2, 0.25) is 0 Å². The Bertz CT molecular complexity index is 2060. The lowest BCUT2D eigenvalue weighted by molar-refractivity contribution is 0.566. The molecule has 5 aromatic carbocycles. The van der Waals surface area contributed by atoms with Gasteiger partial charge in [-0.3, -0.25) is 4.98 Å². The second kappa shape index (κ2) is 23.3. The first-order valence-electron chi connectivity index (χ1n) is 18.3. The zero-order chi connectivity index (χ0) is 41.9. The predicted molar refractivity (Wildman–Crippen MR) is 226 cm³/mol. The zero-order valence-electron chi connectivity index (χ0n) is 34.8. The summed E-state index contributed by atoms with van der Waals surface area (Å²) in [6.07, 6.45) is 5.49. The molecule has 0 radical (unpaired) electrons. The number of aryl methyl sites for hydroxylation is 11. The van der Waals surface area contributed by atoms with Crippen LogP contribution in [-0.4, -0.2) is 15.0 Å². The fourth-order valence-electron chi connectivity index (χ4n) is 4.67. The number of nitrogens with zero attached hydrogens (tertiary/aromatic N) is 3. The topological polar surface area (TPSA) is 38.7 Å². The molecule has 0 saturated carbocycles. The van der Waals surface area contributed by atoms with Crippen LogP contribution in [-0.2, 0) is 0 Å². The molecule has 0 aliphatic carbocycles. The van der Waals surface area contributed by atoms with Gasteiger partial charge in [0.15, 0.2) is 0 Å². The molecule has 0 bridgehead atoms. The minimum absolute atomic E-state index is 0.0885. The molecular formula is C49H55F4N3. The van der Waals surface area contributed by atoms with E-state index in [1.165, 1.54) is 41.8 Å². The quantitative estimate of drug-likeness (QED) is 0.144. The number of hydrogen-bond donors (Lipinski definition) is 0. The first-order valence-corrected chi connectivity index (χ1v) is 18.3. The summed E-state index contributed by atoms with van der Waals surface area (Å²) in [5.74, 6) is -0.362. The fraction of sp³-hybridized carbons (Fsp3) is 0.245. The molecule has 3 nitrogen and oxygen atoms in total. The van der Waals surface area contributed by atoms with Crippen LogP contribution in [0.3, 0.4) is 0 Å². The van der Waals surface area contributed by atoms with Gasteiger partial charge in [0.05, 0.1) is 0 Å². The standard InChI is InChI=1S/C12H11F.C8H8F2.C8H9F.C8H10.C7H9N.C6H8N2/c1-8-3-4-10-5-9(2)7-12(13)11(10)6-8;1-5-3-7(9)6(2)8(10)4-5;1-6-3-4-7(2)8(9)5-6;1-7-3-5-8(2)6-4-7;1-6-3-4-7(2)8-5-6;1-5-3-7-6(2)8-4-5/h3-7H,1-2H3;3-4H,1-2H3;3-5H,1-2H3;3-6H,1-2H3;3-5H,1-2H3;3-4H,1-2H3. The van der Waals surface area contributed by atoms with Gasteiger partial charge in [0.1, 0.15) is 29.1 Å². The summed E-state index contributed by atoms with van der Waals surface area (Å²) in [6, 6.07) is 29.8. The Hall–Kier alpha value is -5.69. The highest BCUT2D eigenvalue weighted by atomic mass is 19.1. The average Bonchev–Trinajstić information content (AvgIpc) is 3.14. The van der Waals surface area contributed by atoms with Crippen molar-refractivity contribution in [2.45, 2.75) is 83.1 Å². The van der Waals surface area contributed by atoms with Gasteiger partial charge in [0.25, 0.3) is 0 Å². The maximum Gasteiger partial charge on any atom is 0.131 e. The van der Waals surface area contributed by atoms with Gasteiger partial charge < -0.3 is 0 Å². The first-order chi connectivity index (χ1) is 26.3. The predicted octanol–water partition coefficient (Wildman–Crippen LogP) is 13.7. The fourth-order valence-corrected chi connectivity index (χ4v) is 4.67. The normalized spacial score (nSPS) is 9.79. The third-order valence-corrected chi connectivity index (χ3v) is 8.14. The molecule has 0 saturated heterocycles. The van der Waals surface area contributed by atoms with E-state index in [1.807, 2.05) is 103 Å². The van der Waals surface area contributed by atoms with Crippen LogP contribution in [0.2, 0.25) is 0 Å². The molecule has 0 fully saturated rings. The highest BCUT2D eigenvalue weighted by Crippen LogP contribution is 2.21. The lowest BCUT2D eigenvalue weighted by atomic mass is 10.0. The lowest BCUT2D eigenvalue weighted by Gasteiger charge is -2.02. The molecule has 7 rings (SSSR count). The number of pyridine rings is 1. The Balaban J connectivity index is 0.000000235. The van der Waals surface area contributed by atoms with Crippen LogP contribution < -0.4 is 0 Å². The summed E-state index contributed by atoms with van der Waals surface area (Å²) in [7, 11) is 0.